The molecule has 0 aliphatic carbocycles. The first kappa shape index (κ1) is 15.5. The lowest BCUT2D eigenvalue weighted by molar-refractivity contribution is -0.114. The number of anilines is 2. The summed E-state index contributed by atoms with van der Waals surface area (Å²) in [5.74, 6) is -0.234. The van der Waals surface area contributed by atoms with Gasteiger partial charge in [0.1, 0.15) is 0 Å². The van der Waals surface area contributed by atoms with E-state index >= 15 is 0 Å². The Balaban J connectivity index is 1.64. The molecule has 0 fully saturated rings. The topological polar surface area (TPSA) is 102 Å². The smallest absolute Gasteiger partial charge is 0.243 e. The highest BCUT2D eigenvalue weighted by Crippen LogP contribution is 2.26. The van der Waals surface area contributed by atoms with E-state index in [0.29, 0.717) is 21.9 Å². The van der Waals surface area contributed by atoms with Crippen LogP contribution in [-0.2, 0) is 4.79 Å². The molecule has 116 valence electrons. The zero-order valence-electron chi connectivity index (χ0n) is 12.4. The summed E-state index contributed by atoms with van der Waals surface area (Å²) >= 11 is 1.38. The molecule has 1 amide bonds. The molecule has 24 heavy (non-hydrogen) atoms. The predicted molar refractivity (Wildman–Crippen MR) is 92.6 cm³/mol. The number of carbonyl (C=O) groups excluding carboxylic acids is 1. The highest BCUT2D eigenvalue weighted by atomic mass is 32.1. The molecule has 1 heterocycles. The van der Waals surface area contributed by atoms with Crippen LogP contribution in [0.25, 0.3) is 10.2 Å². The molecule has 2 N–H and O–H groups in total. The minimum Gasteiger partial charge on any atom is -0.352 e. The molecule has 0 atom stereocenters. The second-order valence-corrected chi connectivity index (χ2v) is 5.94. The summed E-state index contributed by atoms with van der Waals surface area (Å²) in [6.45, 7) is 0.0573. The molecule has 2 aromatic carbocycles. The van der Waals surface area contributed by atoms with Crippen molar-refractivity contribution >= 4 is 38.3 Å². The third-order valence-electron chi connectivity index (χ3n) is 3.19. The van der Waals surface area contributed by atoms with E-state index in [4.69, 9.17) is 10.5 Å². The molecule has 0 aliphatic heterocycles. The number of aromatic nitrogens is 1. The lowest BCUT2D eigenvalue weighted by Gasteiger charge is -2.05. The van der Waals surface area contributed by atoms with Gasteiger partial charge in [-0.2, -0.15) is 10.5 Å². The van der Waals surface area contributed by atoms with Crippen molar-refractivity contribution in [1.29, 1.82) is 10.5 Å². The van der Waals surface area contributed by atoms with Gasteiger partial charge in [0.05, 0.1) is 40.0 Å². The Bertz CT molecular complexity index is 996. The van der Waals surface area contributed by atoms with E-state index < -0.39 is 0 Å². The highest BCUT2D eigenvalue weighted by Gasteiger charge is 2.07. The molecule has 7 heteroatoms. The monoisotopic (exact) mass is 333 g/mol. The summed E-state index contributed by atoms with van der Waals surface area (Å²) in [7, 11) is 0. The van der Waals surface area contributed by atoms with Gasteiger partial charge in [-0.1, -0.05) is 17.4 Å². The minimum atomic E-state index is -0.234. The van der Waals surface area contributed by atoms with Gasteiger partial charge in [-0.25, -0.2) is 4.98 Å². The molecule has 1 aromatic heterocycles. The van der Waals surface area contributed by atoms with Gasteiger partial charge < -0.3 is 10.6 Å². The first-order valence-corrected chi connectivity index (χ1v) is 7.84. The molecular weight excluding hydrogens is 322 g/mol. The van der Waals surface area contributed by atoms with Crippen molar-refractivity contribution in [2.45, 2.75) is 0 Å². The Kier molecular flexibility index (Phi) is 4.37. The minimum absolute atomic E-state index is 0.0573. The first-order chi connectivity index (χ1) is 11.7. The van der Waals surface area contributed by atoms with Crippen molar-refractivity contribution in [2.24, 2.45) is 0 Å². The Morgan fingerprint density at radius 2 is 1.92 bits per heavy atom. The Morgan fingerprint density at radius 1 is 1.12 bits per heavy atom. The maximum absolute atomic E-state index is 12.0. The maximum Gasteiger partial charge on any atom is 0.243 e. The van der Waals surface area contributed by atoms with Crippen LogP contribution in [0.3, 0.4) is 0 Å². The van der Waals surface area contributed by atoms with Gasteiger partial charge in [-0.05, 0) is 36.4 Å². The third-order valence-corrected chi connectivity index (χ3v) is 4.17. The fourth-order valence-electron chi connectivity index (χ4n) is 2.10. The second kappa shape index (κ2) is 6.78. The van der Waals surface area contributed by atoms with E-state index in [0.717, 1.165) is 10.2 Å². The number of hydrogen-bond donors (Lipinski definition) is 2. The third kappa shape index (κ3) is 3.49. The van der Waals surface area contributed by atoms with Crippen LogP contribution in [0.1, 0.15) is 11.1 Å². The molecule has 0 unspecified atom stereocenters. The summed E-state index contributed by atoms with van der Waals surface area (Å²) < 4.78 is 0.888. The van der Waals surface area contributed by atoms with Crippen LogP contribution < -0.4 is 10.6 Å². The van der Waals surface area contributed by atoms with E-state index in [9.17, 15) is 4.79 Å². The standard InChI is InChI=1S/C17H11N5OS/c18-8-11-2-1-3-13(6-11)21-16(23)10-20-17-22-14-5-4-12(9-19)7-15(14)24-17/h1-7H,10H2,(H,20,22)(H,21,23). The summed E-state index contributed by atoms with van der Waals surface area (Å²) in [5.41, 5.74) is 2.42. The fourth-order valence-corrected chi connectivity index (χ4v) is 3.00. The van der Waals surface area contributed by atoms with Gasteiger partial charge in [-0.3, -0.25) is 4.79 Å². The van der Waals surface area contributed by atoms with Gasteiger partial charge in [-0.15, -0.1) is 0 Å². The SMILES string of the molecule is N#Cc1cccc(NC(=O)CNc2nc3ccc(C#N)cc3s2)c1. The average Bonchev–Trinajstić information content (AvgIpc) is 3.02. The summed E-state index contributed by atoms with van der Waals surface area (Å²) in [6, 6.07) is 16.1. The van der Waals surface area contributed by atoms with Crippen LogP contribution in [0.5, 0.6) is 0 Å². The number of nitrogens with zero attached hydrogens (tertiary/aromatic N) is 3. The van der Waals surface area contributed by atoms with Gasteiger partial charge >= 0.3 is 0 Å². The van der Waals surface area contributed by atoms with E-state index in [-0.39, 0.29) is 12.5 Å². The number of nitriles is 2. The number of thiazole rings is 1. The Labute approximate surface area is 142 Å². The van der Waals surface area contributed by atoms with Crippen molar-refractivity contribution in [2.75, 3.05) is 17.2 Å². The van der Waals surface area contributed by atoms with Crippen molar-refractivity contribution in [3.8, 4) is 12.1 Å². The number of benzene rings is 2. The van der Waals surface area contributed by atoms with Crippen LogP contribution in [0.4, 0.5) is 10.8 Å². The average molecular weight is 333 g/mol. The number of fused-ring (bicyclic) bond motifs is 1. The van der Waals surface area contributed by atoms with Crippen LogP contribution in [0.15, 0.2) is 42.5 Å². The summed E-state index contributed by atoms with van der Waals surface area (Å²) in [4.78, 5) is 16.3. The van der Waals surface area contributed by atoms with E-state index in [1.807, 2.05) is 6.07 Å². The Hall–Kier alpha value is -3.42. The van der Waals surface area contributed by atoms with Crippen molar-refractivity contribution in [3.05, 3.63) is 53.6 Å². The predicted octanol–water partition coefficient (Wildman–Crippen LogP) is 3.09. The fraction of sp³-hybridized carbons (Fsp3) is 0.0588. The molecule has 0 aliphatic rings. The number of nitrogens with one attached hydrogen (secondary N) is 2. The van der Waals surface area contributed by atoms with Crippen molar-refractivity contribution < 1.29 is 4.79 Å². The molecule has 0 spiro atoms. The van der Waals surface area contributed by atoms with Crippen LogP contribution in [-0.4, -0.2) is 17.4 Å². The summed E-state index contributed by atoms with van der Waals surface area (Å²) in [5, 5.41) is 24.1. The van der Waals surface area contributed by atoms with Crippen LogP contribution in [0, 0.1) is 22.7 Å². The van der Waals surface area contributed by atoms with Gasteiger partial charge in [0.25, 0.3) is 0 Å². The van der Waals surface area contributed by atoms with E-state index in [2.05, 4.69) is 21.7 Å². The normalized spacial score (nSPS) is 9.92. The second-order valence-electron chi connectivity index (χ2n) is 4.91. The number of carbonyl (C=O) groups is 1. The largest absolute Gasteiger partial charge is 0.352 e. The van der Waals surface area contributed by atoms with Gasteiger partial charge in [0.2, 0.25) is 5.91 Å². The molecule has 3 rings (SSSR count). The Morgan fingerprint density at radius 3 is 2.71 bits per heavy atom. The number of rotatable bonds is 4. The van der Waals surface area contributed by atoms with E-state index in [1.54, 1.807) is 42.5 Å². The summed E-state index contributed by atoms with van der Waals surface area (Å²) in [6.07, 6.45) is 0. The van der Waals surface area contributed by atoms with Gasteiger partial charge in [0, 0.05) is 5.69 Å². The molecular formula is C17H11N5OS. The molecule has 0 bridgehead atoms. The van der Waals surface area contributed by atoms with Gasteiger partial charge in [0.15, 0.2) is 5.13 Å². The number of amides is 1. The molecule has 0 saturated heterocycles. The van der Waals surface area contributed by atoms with E-state index in [1.165, 1.54) is 11.3 Å². The van der Waals surface area contributed by atoms with Crippen molar-refractivity contribution in [1.82, 2.24) is 4.98 Å². The molecule has 0 radical (unpaired) electrons. The lowest BCUT2D eigenvalue weighted by Crippen LogP contribution is -2.21. The molecule has 6 nitrogen and oxygen atoms in total. The first-order valence-electron chi connectivity index (χ1n) is 7.02. The van der Waals surface area contributed by atoms with Crippen LogP contribution >= 0.6 is 11.3 Å². The zero-order valence-corrected chi connectivity index (χ0v) is 13.2. The lowest BCUT2D eigenvalue weighted by atomic mass is 10.2. The maximum atomic E-state index is 12.0. The van der Waals surface area contributed by atoms with Crippen LogP contribution in [0.2, 0.25) is 0 Å². The number of hydrogen-bond acceptors (Lipinski definition) is 6. The molecule has 3 aromatic rings. The highest BCUT2D eigenvalue weighted by molar-refractivity contribution is 7.22. The zero-order chi connectivity index (χ0) is 16.9. The molecule has 0 saturated carbocycles. The van der Waals surface area contributed by atoms with Crippen molar-refractivity contribution in [3.63, 3.8) is 0 Å². The quantitative estimate of drug-likeness (QED) is 0.764.